The minimum atomic E-state index is -1.22. The topological polar surface area (TPSA) is 118 Å². The molecule has 8 heteroatoms. The van der Waals surface area contributed by atoms with Crippen LogP contribution in [-0.2, 0) is 0 Å². The predicted molar refractivity (Wildman–Crippen MR) is 107 cm³/mol. The molecule has 0 unspecified atom stereocenters. The van der Waals surface area contributed by atoms with E-state index in [1.807, 2.05) is 0 Å². The van der Waals surface area contributed by atoms with E-state index in [-0.39, 0.29) is 23.9 Å². The van der Waals surface area contributed by atoms with Gasteiger partial charge in [-0.3, -0.25) is 0 Å². The Hall–Kier alpha value is -2.94. The zero-order valence-electron chi connectivity index (χ0n) is 16.5. The van der Waals surface area contributed by atoms with Crippen LogP contribution in [0.15, 0.2) is 36.4 Å². The maximum absolute atomic E-state index is 10.7. The van der Waals surface area contributed by atoms with Crippen LogP contribution in [0.25, 0.3) is 6.08 Å². The number of aliphatic hydroxyl groups excluding tert-OH is 3. The van der Waals surface area contributed by atoms with Crippen molar-refractivity contribution in [2.45, 2.75) is 12.2 Å². The molecule has 0 saturated carbocycles. The summed E-state index contributed by atoms with van der Waals surface area (Å²) >= 11 is 0. The van der Waals surface area contributed by atoms with E-state index in [4.69, 9.17) is 24.1 Å². The Balaban J connectivity index is 2.37. The molecule has 158 valence electrons. The van der Waals surface area contributed by atoms with Crippen LogP contribution in [0.2, 0.25) is 0 Å². The Morgan fingerprint density at radius 2 is 1.55 bits per heavy atom. The molecule has 8 nitrogen and oxygen atoms in total. The van der Waals surface area contributed by atoms with Crippen LogP contribution in [0.1, 0.15) is 17.2 Å². The lowest BCUT2D eigenvalue weighted by Gasteiger charge is -2.25. The van der Waals surface area contributed by atoms with E-state index in [0.717, 1.165) is 0 Å². The second-order valence-electron chi connectivity index (χ2n) is 6.05. The van der Waals surface area contributed by atoms with Gasteiger partial charge >= 0.3 is 0 Å². The minimum Gasteiger partial charge on any atom is -0.504 e. The fourth-order valence-corrected chi connectivity index (χ4v) is 2.75. The molecule has 0 radical (unpaired) electrons. The second kappa shape index (κ2) is 10.6. The molecule has 2 aromatic rings. The van der Waals surface area contributed by atoms with Crippen molar-refractivity contribution < 1.29 is 39.4 Å². The highest BCUT2D eigenvalue weighted by Crippen LogP contribution is 2.41. The molecule has 2 atom stereocenters. The van der Waals surface area contributed by atoms with E-state index in [0.29, 0.717) is 22.6 Å². The van der Waals surface area contributed by atoms with E-state index in [1.54, 1.807) is 24.3 Å². The van der Waals surface area contributed by atoms with E-state index in [2.05, 4.69) is 0 Å². The number of rotatable bonds is 10. The van der Waals surface area contributed by atoms with Crippen molar-refractivity contribution in [3.8, 4) is 28.7 Å². The van der Waals surface area contributed by atoms with Crippen LogP contribution in [0.4, 0.5) is 0 Å². The molecule has 0 amide bonds. The monoisotopic (exact) mass is 406 g/mol. The largest absolute Gasteiger partial charge is 0.504 e. The summed E-state index contributed by atoms with van der Waals surface area (Å²) in [4.78, 5) is 0. The maximum atomic E-state index is 10.7. The number of hydrogen-bond acceptors (Lipinski definition) is 8. The number of aromatic hydroxyl groups is 1. The smallest absolute Gasteiger partial charge is 0.204 e. The fraction of sp³-hybridized carbons (Fsp3) is 0.333. The van der Waals surface area contributed by atoms with Gasteiger partial charge in [-0.05, 0) is 35.4 Å². The Kier molecular flexibility index (Phi) is 8.14. The summed E-state index contributed by atoms with van der Waals surface area (Å²) in [5.41, 5.74) is 1.10. The zero-order chi connectivity index (χ0) is 21.4. The molecular formula is C21H26O8. The molecule has 0 aliphatic rings. The first-order valence-corrected chi connectivity index (χ1v) is 8.84. The number of phenols is 1. The summed E-state index contributed by atoms with van der Waals surface area (Å²) in [6, 6.07) is 7.70. The van der Waals surface area contributed by atoms with Crippen molar-refractivity contribution in [2.75, 3.05) is 34.5 Å². The average molecular weight is 406 g/mol. The highest BCUT2D eigenvalue weighted by atomic mass is 16.6. The van der Waals surface area contributed by atoms with Crippen LogP contribution in [0, 0.1) is 0 Å². The van der Waals surface area contributed by atoms with E-state index >= 15 is 0 Å². The summed E-state index contributed by atoms with van der Waals surface area (Å²) in [5, 5.41) is 39.2. The standard InChI is InChI=1S/C21H26O8/c1-26-16-11-14(6-7-15(16)24)20(25)19(12-23)29-21-17(27-2)9-13(5-4-8-22)10-18(21)28-3/h4-7,9-11,19-20,22-25H,8,12H2,1-3H3/b5-4+/t19-,20-/m1/s1. The molecule has 0 aliphatic carbocycles. The molecule has 2 rings (SSSR count). The second-order valence-corrected chi connectivity index (χ2v) is 6.05. The summed E-state index contributed by atoms with van der Waals surface area (Å²) in [7, 11) is 4.31. The lowest BCUT2D eigenvalue weighted by Crippen LogP contribution is -2.29. The van der Waals surface area contributed by atoms with E-state index < -0.39 is 18.8 Å². The van der Waals surface area contributed by atoms with Gasteiger partial charge in [-0.2, -0.15) is 0 Å². The van der Waals surface area contributed by atoms with Crippen LogP contribution in [0.3, 0.4) is 0 Å². The third kappa shape index (κ3) is 5.32. The first-order chi connectivity index (χ1) is 14.0. The quantitative estimate of drug-likeness (QED) is 0.473. The van der Waals surface area contributed by atoms with Gasteiger partial charge in [0.2, 0.25) is 5.75 Å². The van der Waals surface area contributed by atoms with E-state index in [1.165, 1.54) is 39.5 Å². The van der Waals surface area contributed by atoms with Gasteiger partial charge < -0.3 is 39.4 Å². The van der Waals surface area contributed by atoms with Crippen molar-refractivity contribution in [3.05, 3.63) is 47.5 Å². The Morgan fingerprint density at radius 1 is 0.931 bits per heavy atom. The summed E-state index contributed by atoms with van der Waals surface area (Å²) in [5.74, 6) is 0.986. The van der Waals surface area contributed by atoms with Gasteiger partial charge in [-0.15, -0.1) is 0 Å². The highest BCUT2D eigenvalue weighted by Gasteiger charge is 2.26. The molecule has 0 saturated heterocycles. The molecule has 0 heterocycles. The number of ether oxygens (including phenoxy) is 4. The number of aliphatic hydroxyl groups is 3. The third-order valence-electron chi connectivity index (χ3n) is 4.25. The van der Waals surface area contributed by atoms with Gasteiger partial charge in [0.15, 0.2) is 29.1 Å². The van der Waals surface area contributed by atoms with Gasteiger partial charge in [-0.25, -0.2) is 0 Å². The lowest BCUT2D eigenvalue weighted by atomic mass is 10.0. The minimum absolute atomic E-state index is 0.0696. The normalized spacial score (nSPS) is 13.2. The van der Waals surface area contributed by atoms with Gasteiger partial charge in [0, 0.05) is 0 Å². The van der Waals surface area contributed by atoms with E-state index in [9.17, 15) is 15.3 Å². The molecular weight excluding hydrogens is 380 g/mol. The number of phenolic OH excluding ortho intramolecular Hbond substituents is 1. The maximum Gasteiger partial charge on any atom is 0.204 e. The molecule has 0 fully saturated rings. The van der Waals surface area contributed by atoms with Crippen molar-refractivity contribution in [3.63, 3.8) is 0 Å². The molecule has 0 aliphatic heterocycles. The Labute approximate surface area is 169 Å². The zero-order valence-corrected chi connectivity index (χ0v) is 16.5. The van der Waals surface area contributed by atoms with Gasteiger partial charge in [0.25, 0.3) is 0 Å². The van der Waals surface area contributed by atoms with Gasteiger partial charge in [0.1, 0.15) is 6.10 Å². The van der Waals surface area contributed by atoms with Crippen molar-refractivity contribution in [1.29, 1.82) is 0 Å². The number of methoxy groups -OCH3 is 3. The molecule has 2 aromatic carbocycles. The SMILES string of the molecule is COc1cc([C@@H](O)[C@@H](CO)Oc2c(OC)cc(/C=C/CO)cc2OC)ccc1O. The van der Waals surface area contributed by atoms with Crippen molar-refractivity contribution in [2.24, 2.45) is 0 Å². The number of benzene rings is 2. The Morgan fingerprint density at radius 3 is 2.07 bits per heavy atom. The first-order valence-electron chi connectivity index (χ1n) is 8.84. The first kappa shape index (κ1) is 22.4. The summed E-state index contributed by atoms with van der Waals surface area (Å²) in [6.45, 7) is -0.611. The molecule has 0 spiro atoms. The lowest BCUT2D eigenvalue weighted by molar-refractivity contribution is -0.00174. The van der Waals surface area contributed by atoms with Gasteiger partial charge in [0.05, 0.1) is 34.5 Å². The molecule has 4 N–H and O–H groups in total. The van der Waals surface area contributed by atoms with Gasteiger partial charge in [-0.1, -0.05) is 18.2 Å². The van der Waals surface area contributed by atoms with Crippen molar-refractivity contribution >= 4 is 6.08 Å². The average Bonchev–Trinajstić information content (AvgIpc) is 2.75. The van der Waals surface area contributed by atoms with Crippen LogP contribution >= 0.6 is 0 Å². The number of hydrogen-bond donors (Lipinski definition) is 4. The van der Waals surface area contributed by atoms with Crippen LogP contribution < -0.4 is 18.9 Å². The molecule has 0 bridgehead atoms. The fourth-order valence-electron chi connectivity index (χ4n) is 2.75. The third-order valence-corrected chi connectivity index (χ3v) is 4.25. The summed E-state index contributed by atoms with van der Waals surface area (Å²) in [6.07, 6.45) is 0.979. The van der Waals surface area contributed by atoms with Crippen LogP contribution in [0.5, 0.6) is 28.7 Å². The molecule has 0 aromatic heterocycles. The highest BCUT2D eigenvalue weighted by molar-refractivity contribution is 5.62. The predicted octanol–water partition coefficient (Wildman–Crippen LogP) is 1.90. The Bertz CT molecular complexity index is 808. The van der Waals surface area contributed by atoms with Crippen molar-refractivity contribution in [1.82, 2.24) is 0 Å². The molecule has 29 heavy (non-hydrogen) atoms. The summed E-state index contributed by atoms with van der Waals surface area (Å²) < 4.78 is 21.7. The van der Waals surface area contributed by atoms with Crippen LogP contribution in [-0.4, -0.2) is 61.1 Å².